The molecule has 0 aliphatic carbocycles. The lowest BCUT2D eigenvalue weighted by molar-refractivity contribution is -0.967. The summed E-state index contributed by atoms with van der Waals surface area (Å²) in [4.78, 5) is 13.1. The molecular weight excluding hydrogens is 424 g/mol. The molecule has 0 aromatic heterocycles. The Hall–Kier alpha value is -0.673. The predicted molar refractivity (Wildman–Crippen MR) is 133 cm³/mol. The maximum absolute atomic E-state index is 13.1. The second-order valence-electron chi connectivity index (χ2n) is 8.65. The normalized spacial score (nSPS) is 14.2. The molecule has 0 aromatic rings. The zero-order valence-corrected chi connectivity index (χ0v) is 23.3. The highest BCUT2D eigenvalue weighted by Gasteiger charge is 2.50. The zero-order valence-electron chi connectivity index (χ0n) is 22.3. The number of hydrogen-bond donors (Lipinski definition) is 1. The van der Waals surface area contributed by atoms with E-state index in [2.05, 4.69) is 46.9 Å². The molecule has 8 heteroatoms. The van der Waals surface area contributed by atoms with Crippen LogP contribution in [0, 0.1) is 0 Å². The average Bonchev–Trinajstić information content (AvgIpc) is 2.77. The first-order valence-corrected chi connectivity index (χ1v) is 14.9. The molecule has 0 aliphatic rings. The van der Waals surface area contributed by atoms with Crippen molar-refractivity contribution in [1.82, 2.24) is 5.32 Å². The number of carbonyl (C=O) groups excluding carboxylic acids is 1. The van der Waals surface area contributed by atoms with Crippen molar-refractivity contribution in [3.05, 3.63) is 0 Å². The van der Waals surface area contributed by atoms with Crippen LogP contribution in [0.15, 0.2) is 0 Å². The van der Waals surface area contributed by atoms with Gasteiger partial charge in [-0.15, -0.1) is 0 Å². The molecule has 0 radical (unpaired) electrons. The first kappa shape index (κ1) is 31.3. The minimum Gasteiger partial charge on any atom is -0.397 e. The van der Waals surface area contributed by atoms with Crippen LogP contribution in [0.3, 0.4) is 0 Å². The van der Waals surface area contributed by atoms with Crippen molar-refractivity contribution in [2.75, 3.05) is 39.5 Å². The van der Waals surface area contributed by atoms with Crippen LogP contribution in [-0.2, 0) is 18.0 Å². The first-order valence-electron chi connectivity index (χ1n) is 13.1. The van der Waals surface area contributed by atoms with Crippen molar-refractivity contribution < 1.29 is 27.3 Å². The number of ether oxygens (including phenoxy) is 1. The van der Waals surface area contributed by atoms with Gasteiger partial charge in [-0.3, -0.25) is 4.48 Å². The Bertz CT molecular complexity index is 443. The Kier molecular flexibility index (Phi) is 17.4. The minimum atomic E-state index is -3.11. The standard InChI is InChI=1S/C24H52N2O5Si/c1-9-16-26(17-10-2,18-11-3)22(8)31-24(27)25-23(15-7)32(28-19-12-4,29-20-13-5)30-21-14-6/h22-23H,9-21H2,1-8H3/p+1. The highest BCUT2D eigenvalue weighted by molar-refractivity contribution is 6.62. The molecule has 1 N–H and O–H groups in total. The fourth-order valence-electron chi connectivity index (χ4n) is 4.26. The number of carbonyl (C=O) groups is 1. The molecule has 0 aromatic carbocycles. The smallest absolute Gasteiger partial charge is 0.397 e. The van der Waals surface area contributed by atoms with Crippen LogP contribution in [0.5, 0.6) is 0 Å². The van der Waals surface area contributed by atoms with E-state index in [4.69, 9.17) is 18.0 Å². The third-order valence-electron chi connectivity index (χ3n) is 5.70. The van der Waals surface area contributed by atoms with Gasteiger partial charge in [0.1, 0.15) is 5.67 Å². The topological polar surface area (TPSA) is 66.0 Å². The summed E-state index contributed by atoms with van der Waals surface area (Å²) < 4.78 is 25.5. The van der Waals surface area contributed by atoms with Crippen molar-refractivity contribution in [2.45, 2.75) is 112 Å². The molecule has 0 spiro atoms. The predicted octanol–water partition coefficient (Wildman–Crippen LogP) is 5.64. The molecule has 192 valence electrons. The van der Waals surface area contributed by atoms with Gasteiger partial charge in [0.15, 0.2) is 0 Å². The molecule has 7 nitrogen and oxygen atoms in total. The summed E-state index contributed by atoms with van der Waals surface area (Å²) in [6, 6.07) is 0. The lowest BCUT2D eigenvalue weighted by Crippen LogP contribution is -2.64. The van der Waals surface area contributed by atoms with Gasteiger partial charge in [-0.25, -0.2) is 4.79 Å². The molecule has 0 fully saturated rings. The average molecular weight is 478 g/mol. The Morgan fingerprint density at radius 3 is 1.47 bits per heavy atom. The van der Waals surface area contributed by atoms with Gasteiger partial charge in [0.25, 0.3) is 0 Å². The number of quaternary nitrogens is 1. The first-order chi connectivity index (χ1) is 15.3. The van der Waals surface area contributed by atoms with Crippen LogP contribution in [0.2, 0.25) is 0 Å². The lowest BCUT2D eigenvalue weighted by atomic mass is 10.2. The Morgan fingerprint density at radius 1 is 0.750 bits per heavy atom. The molecule has 0 bridgehead atoms. The van der Waals surface area contributed by atoms with E-state index in [1.54, 1.807) is 0 Å². The summed E-state index contributed by atoms with van der Waals surface area (Å²) in [6.45, 7) is 21.5. The second-order valence-corrected chi connectivity index (χ2v) is 11.4. The molecule has 0 heterocycles. The summed E-state index contributed by atoms with van der Waals surface area (Å²) in [7, 11) is -3.11. The van der Waals surface area contributed by atoms with Gasteiger partial charge in [0.2, 0.25) is 6.23 Å². The van der Waals surface area contributed by atoms with Crippen LogP contribution in [0.4, 0.5) is 4.79 Å². The summed E-state index contributed by atoms with van der Waals surface area (Å²) >= 11 is 0. The van der Waals surface area contributed by atoms with Gasteiger partial charge in [0.05, 0.1) is 19.6 Å². The molecule has 2 atom stereocenters. The van der Waals surface area contributed by atoms with E-state index in [1.165, 1.54) is 0 Å². The molecule has 2 unspecified atom stereocenters. The van der Waals surface area contributed by atoms with E-state index in [9.17, 15) is 4.79 Å². The monoisotopic (exact) mass is 477 g/mol. The van der Waals surface area contributed by atoms with Crippen LogP contribution < -0.4 is 5.32 Å². The van der Waals surface area contributed by atoms with Gasteiger partial charge >= 0.3 is 14.9 Å². The van der Waals surface area contributed by atoms with Crippen LogP contribution in [-0.4, -0.2) is 70.7 Å². The molecule has 0 aliphatic heterocycles. The van der Waals surface area contributed by atoms with Crippen LogP contribution in [0.1, 0.15) is 100 Å². The van der Waals surface area contributed by atoms with Gasteiger partial charge in [-0.05, 0) is 44.9 Å². The number of hydrogen-bond acceptors (Lipinski definition) is 5. The molecule has 1 amide bonds. The fraction of sp³-hybridized carbons (Fsp3) is 0.958. The van der Waals surface area contributed by atoms with Gasteiger partial charge in [-0.1, -0.05) is 48.5 Å². The van der Waals surface area contributed by atoms with Crippen molar-refractivity contribution >= 4 is 14.9 Å². The summed E-state index contributed by atoms with van der Waals surface area (Å²) in [5, 5.41) is 3.08. The molecule has 32 heavy (non-hydrogen) atoms. The summed E-state index contributed by atoms with van der Waals surface area (Å²) in [5.41, 5.74) is -0.336. The van der Waals surface area contributed by atoms with E-state index < -0.39 is 14.9 Å². The number of nitrogens with one attached hydrogen (secondary N) is 1. The molecule has 0 rings (SSSR count). The van der Waals surface area contributed by atoms with Gasteiger partial charge in [-0.2, -0.15) is 0 Å². The number of rotatable bonds is 20. The third kappa shape index (κ3) is 10.1. The fourth-order valence-corrected chi connectivity index (χ4v) is 7.37. The summed E-state index contributed by atoms with van der Waals surface area (Å²) in [6.07, 6.45) is 5.80. The van der Waals surface area contributed by atoms with E-state index in [-0.39, 0.29) is 11.9 Å². The van der Waals surface area contributed by atoms with Gasteiger partial charge in [0, 0.05) is 26.7 Å². The van der Waals surface area contributed by atoms with Gasteiger partial charge < -0.3 is 23.3 Å². The second kappa shape index (κ2) is 17.8. The van der Waals surface area contributed by atoms with Crippen molar-refractivity contribution in [2.24, 2.45) is 0 Å². The minimum absolute atomic E-state index is 0.215. The van der Waals surface area contributed by atoms with E-state index >= 15 is 0 Å². The van der Waals surface area contributed by atoms with E-state index in [1.807, 2.05) is 13.8 Å². The van der Waals surface area contributed by atoms with Crippen molar-refractivity contribution in [3.8, 4) is 0 Å². The number of nitrogens with zero attached hydrogens (tertiary/aromatic N) is 1. The zero-order chi connectivity index (χ0) is 24.5. The lowest BCUT2D eigenvalue weighted by Gasteiger charge is -2.42. The van der Waals surface area contributed by atoms with Crippen LogP contribution >= 0.6 is 0 Å². The van der Waals surface area contributed by atoms with Crippen molar-refractivity contribution in [3.63, 3.8) is 0 Å². The maximum atomic E-state index is 13.1. The Balaban J connectivity index is 5.59. The number of alkyl carbamates (subject to hydrolysis) is 1. The number of amides is 1. The molecule has 0 saturated heterocycles. The van der Waals surface area contributed by atoms with E-state index in [0.29, 0.717) is 26.2 Å². The maximum Gasteiger partial charge on any atom is 0.524 e. The Morgan fingerprint density at radius 2 is 1.16 bits per heavy atom. The summed E-state index contributed by atoms with van der Waals surface area (Å²) in [5.74, 6) is 0. The molecule has 0 saturated carbocycles. The quantitative estimate of drug-likeness (QED) is 0.140. The van der Waals surface area contributed by atoms with Crippen LogP contribution in [0.25, 0.3) is 0 Å². The largest absolute Gasteiger partial charge is 0.524 e. The highest BCUT2D eigenvalue weighted by atomic mass is 28.4. The highest BCUT2D eigenvalue weighted by Crippen LogP contribution is 2.22. The third-order valence-corrected chi connectivity index (χ3v) is 8.93. The SMILES string of the molecule is CCCO[Si](OCCC)(OCCC)C(CC)NC(=O)OC(C)[N+](CCC)(CCC)CCC. The molecular formula is C24H53N2O5Si+. The Labute approximate surface area is 199 Å². The van der Waals surface area contributed by atoms with E-state index in [0.717, 1.165) is 62.6 Å². The van der Waals surface area contributed by atoms with Crippen molar-refractivity contribution in [1.29, 1.82) is 0 Å².